The lowest BCUT2D eigenvalue weighted by Gasteiger charge is -2.21. The third-order valence-electron chi connectivity index (χ3n) is 3.29. The molecule has 112 valence electrons. The van der Waals surface area contributed by atoms with Crippen LogP contribution in [0.15, 0.2) is 0 Å². The number of aromatic nitrogens is 2. The van der Waals surface area contributed by atoms with Gasteiger partial charge in [-0.3, -0.25) is 4.79 Å². The highest BCUT2D eigenvalue weighted by Gasteiger charge is 2.17. The Kier molecular flexibility index (Phi) is 5.76. The number of esters is 1. The molecule has 1 aliphatic carbocycles. The normalized spacial score (nSPS) is 16.4. The number of ether oxygens (including phenoxy) is 1. The number of nitrogens with zero attached hydrogens (tertiary/aromatic N) is 2. The van der Waals surface area contributed by atoms with E-state index in [1.807, 2.05) is 0 Å². The molecule has 0 radical (unpaired) electrons. The fourth-order valence-corrected chi connectivity index (χ4v) is 2.92. The Labute approximate surface area is 124 Å². The van der Waals surface area contributed by atoms with E-state index in [1.165, 1.54) is 30.8 Å². The van der Waals surface area contributed by atoms with Crippen molar-refractivity contribution in [3.8, 4) is 0 Å². The quantitative estimate of drug-likeness (QED) is 0.818. The summed E-state index contributed by atoms with van der Waals surface area (Å²) in [4.78, 5) is 16.1. The maximum Gasteiger partial charge on any atom is 0.325 e. The van der Waals surface area contributed by atoms with E-state index in [4.69, 9.17) is 4.74 Å². The molecule has 1 aliphatic rings. The summed E-state index contributed by atoms with van der Waals surface area (Å²) in [5.74, 6) is 1.18. The topological polar surface area (TPSA) is 64.1 Å². The van der Waals surface area contributed by atoms with Gasteiger partial charge in [-0.2, -0.15) is 4.37 Å². The SMILES string of the molecule is CC(C)Cc1nsc(NCC(=O)OC2CCCCC2)n1. The van der Waals surface area contributed by atoms with Crippen molar-refractivity contribution < 1.29 is 9.53 Å². The van der Waals surface area contributed by atoms with E-state index in [1.54, 1.807) is 0 Å². The van der Waals surface area contributed by atoms with Gasteiger partial charge in [0.2, 0.25) is 5.13 Å². The first-order valence-electron chi connectivity index (χ1n) is 7.39. The molecular formula is C14H23N3O2S. The molecule has 5 nitrogen and oxygen atoms in total. The Bertz CT molecular complexity index is 428. The number of carbonyl (C=O) groups is 1. The number of nitrogens with one attached hydrogen (secondary N) is 1. The zero-order chi connectivity index (χ0) is 14.4. The van der Waals surface area contributed by atoms with Crippen molar-refractivity contribution >= 4 is 22.6 Å². The van der Waals surface area contributed by atoms with Crippen LogP contribution < -0.4 is 5.32 Å². The van der Waals surface area contributed by atoms with Gasteiger partial charge in [-0.05, 0) is 31.6 Å². The smallest absolute Gasteiger partial charge is 0.325 e. The minimum absolute atomic E-state index is 0.115. The van der Waals surface area contributed by atoms with Gasteiger partial charge in [0.15, 0.2) is 0 Å². The first-order valence-corrected chi connectivity index (χ1v) is 8.16. The van der Waals surface area contributed by atoms with Gasteiger partial charge < -0.3 is 10.1 Å². The first kappa shape index (κ1) is 15.2. The Morgan fingerprint density at radius 2 is 2.15 bits per heavy atom. The number of hydrogen-bond acceptors (Lipinski definition) is 6. The summed E-state index contributed by atoms with van der Waals surface area (Å²) in [6.07, 6.45) is 6.58. The van der Waals surface area contributed by atoms with Crippen molar-refractivity contribution in [2.45, 2.75) is 58.5 Å². The second-order valence-corrected chi connectivity index (χ2v) is 6.47. The monoisotopic (exact) mass is 297 g/mol. The molecule has 0 saturated heterocycles. The van der Waals surface area contributed by atoms with Crippen LogP contribution in [0.3, 0.4) is 0 Å². The summed E-state index contributed by atoms with van der Waals surface area (Å²) < 4.78 is 9.71. The third-order valence-corrected chi connectivity index (χ3v) is 4.00. The summed E-state index contributed by atoms with van der Waals surface area (Å²) in [6.45, 7) is 4.44. The minimum Gasteiger partial charge on any atom is -0.461 e. The van der Waals surface area contributed by atoms with Crippen molar-refractivity contribution in [2.24, 2.45) is 5.92 Å². The largest absolute Gasteiger partial charge is 0.461 e. The molecule has 0 amide bonds. The molecule has 1 aromatic rings. The van der Waals surface area contributed by atoms with Crippen molar-refractivity contribution in [1.82, 2.24) is 9.36 Å². The van der Waals surface area contributed by atoms with E-state index >= 15 is 0 Å². The summed E-state index contributed by atoms with van der Waals surface area (Å²) in [5, 5.41) is 3.69. The minimum atomic E-state index is -0.197. The average molecular weight is 297 g/mol. The molecule has 0 unspecified atom stereocenters. The van der Waals surface area contributed by atoms with Crippen molar-refractivity contribution in [1.29, 1.82) is 0 Å². The van der Waals surface area contributed by atoms with Gasteiger partial charge in [0.25, 0.3) is 0 Å². The first-order chi connectivity index (χ1) is 9.63. The number of hydrogen-bond donors (Lipinski definition) is 1. The summed E-state index contributed by atoms with van der Waals surface area (Å²) in [5.41, 5.74) is 0. The van der Waals surface area contributed by atoms with Crippen molar-refractivity contribution in [3.63, 3.8) is 0 Å². The molecule has 2 rings (SSSR count). The highest BCUT2D eigenvalue weighted by molar-refractivity contribution is 7.09. The maximum atomic E-state index is 11.7. The van der Waals surface area contributed by atoms with Crippen LogP contribution in [0.2, 0.25) is 0 Å². The van der Waals surface area contributed by atoms with Crippen LogP contribution in [0.25, 0.3) is 0 Å². The second kappa shape index (κ2) is 7.57. The molecule has 1 N–H and O–H groups in total. The highest BCUT2D eigenvalue weighted by Crippen LogP contribution is 2.20. The Hall–Kier alpha value is -1.17. The van der Waals surface area contributed by atoms with Gasteiger partial charge in [0.1, 0.15) is 18.5 Å². The van der Waals surface area contributed by atoms with Crippen LogP contribution in [0.5, 0.6) is 0 Å². The van der Waals surface area contributed by atoms with E-state index in [9.17, 15) is 4.79 Å². The van der Waals surface area contributed by atoms with Crippen LogP contribution in [0, 0.1) is 5.92 Å². The molecule has 20 heavy (non-hydrogen) atoms. The highest BCUT2D eigenvalue weighted by atomic mass is 32.1. The zero-order valence-corrected chi connectivity index (χ0v) is 13.0. The molecule has 1 heterocycles. The summed E-state index contributed by atoms with van der Waals surface area (Å²) in [6, 6.07) is 0. The van der Waals surface area contributed by atoms with Crippen LogP contribution in [0.4, 0.5) is 5.13 Å². The fourth-order valence-electron chi connectivity index (χ4n) is 2.33. The Morgan fingerprint density at radius 3 is 2.85 bits per heavy atom. The molecule has 0 bridgehead atoms. The molecule has 0 spiro atoms. The van der Waals surface area contributed by atoms with Gasteiger partial charge in [-0.15, -0.1) is 0 Å². The lowest BCUT2D eigenvalue weighted by Crippen LogP contribution is -2.25. The Morgan fingerprint density at radius 1 is 1.40 bits per heavy atom. The third kappa shape index (κ3) is 5.07. The van der Waals surface area contributed by atoms with Gasteiger partial charge >= 0.3 is 5.97 Å². The molecule has 0 atom stereocenters. The van der Waals surface area contributed by atoms with E-state index in [2.05, 4.69) is 28.5 Å². The molecule has 0 aromatic carbocycles. The van der Waals surface area contributed by atoms with Crippen LogP contribution in [0.1, 0.15) is 51.8 Å². The molecule has 1 saturated carbocycles. The van der Waals surface area contributed by atoms with Crippen LogP contribution in [-0.2, 0) is 16.0 Å². The number of carbonyl (C=O) groups excluding carboxylic acids is 1. The van der Waals surface area contributed by atoms with Crippen LogP contribution >= 0.6 is 11.5 Å². The number of rotatable bonds is 6. The summed E-state index contributed by atoms with van der Waals surface area (Å²) in [7, 11) is 0. The maximum absolute atomic E-state index is 11.7. The van der Waals surface area contributed by atoms with Gasteiger partial charge in [0.05, 0.1) is 0 Å². The Balaban J connectivity index is 1.71. The summed E-state index contributed by atoms with van der Waals surface area (Å²) >= 11 is 1.30. The van der Waals surface area contributed by atoms with E-state index in [0.29, 0.717) is 11.0 Å². The van der Waals surface area contributed by atoms with Gasteiger partial charge in [-0.1, -0.05) is 20.3 Å². The van der Waals surface area contributed by atoms with E-state index < -0.39 is 0 Å². The van der Waals surface area contributed by atoms with Crippen molar-refractivity contribution in [3.05, 3.63) is 5.82 Å². The average Bonchev–Trinajstić information content (AvgIpc) is 2.84. The van der Waals surface area contributed by atoms with E-state index in [-0.39, 0.29) is 18.6 Å². The molecule has 1 fully saturated rings. The molecular weight excluding hydrogens is 274 g/mol. The standard InChI is InChI=1S/C14H23N3O2S/c1-10(2)8-12-16-14(20-17-12)15-9-13(18)19-11-6-4-3-5-7-11/h10-11H,3-9H2,1-2H3,(H,15,16,17). The second-order valence-electron chi connectivity index (χ2n) is 5.72. The zero-order valence-electron chi connectivity index (χ0n) is 12.2. The van der Waals surface area contributed by atoms with E-state index in [0.717, 1.165) is 25.1 Å². The predicted molar refractivity (Wildman–Crippen MR) is 79.9 cm³/mol. The molecule has 0 aliphatic heterocycles. The molecule has 1 aromatic heterocycles. The molecule has 6 heteroatoms. The lowest BCUT2D eigenvalue weighted by molar-refractivity contribution is -0.148. The van der Waals surface area contributed by atoms with Gasteiger partial charge in [0, 0.05) is 18.0 Å². The predicted octanol–water partition coefficient (Wildman–Crippen LogP) is 3.02. The lowest BCUT2D eigenvalue weighted by atomic mass is 9.98. The van der Waals surface area contributed by atoms with Crippen LogP contribution in [-0.4, -0.2) is 28.0 Å². The fraction of sp³-hybridized carbons (Fsp3) is 0.786. The van der Waals surface area contributed by atoms with Gasteiger partial charge in [-0.25, -0.2) is 4.98 Å². The van der Waals surface area contributed by atoms with Crippen molar-refractivity contribution in [2.75, 3.05) is 11.9 Å². The number of anilines is 1.